The third kappa shape index (κ3) is 6.54. The predicted octanol–water partition coefficient (Wildman–Crippen LogP) is 3.28. The molecule has 3 aromatic carbocycles. The molecule has 0 aromatic heterocycles. The summed E-state index contributed by atoms with van der Waals surface area (Å²) in [5.74, 6) is -2.10. The van der Waals surface area contributed by atoms with Crippen molar-refractivity contribution < 1.29 is 24.2 Å². The Balaban J connectivity index is 1.87. The van der Waals surface area contributed by atoms with E-state index in [4.69, 9.17) is 4.74 Å². The summed E-state index contributed by atoms with van der Waals surface area (Å²) in [6.45, 7) is 0. The fourth-order valence-electron chi connectivity index (χ4n) is 3.18. The van der Waals surface area contributed by atoms with Crippen molar-refractivity contribution in [2.24, 2.45) is 0 Å². The van der Waals surface area contributed by atoms with E-state index in [1.54, 1.807) is 72.8 Å². The Morgan fingerprint density at radius 2 is 1.52 bits per heavy atom. The van der Waals surface area contributed by atoms with E-state index < -0.39 is 23.8 Å². The molecule has 0 bridgehead atoms. The molecule has 7 heteroatoms. The first-order valence-electron chi connectivity index (χ1n) is 10.3. The maximum Gasteiger partial charge on any atom is 0.326 e. The topological polar surface area (TPSA) is 105 Å². The Hall–Kier alpha value is -4.39. The van der Waals surface area contributed by atoms with Crippen molar-refractivity contribution in [2.45, 2.75) is 12.5 Å². The van der Waals surface area contributed by atoms with Crippen molar-refractivity contribution in [2.75, 3.05) is 7.11 Å². The van der Waals surface area contributed by atoms with Gasteiger partial charge in [0.1, 0.15) is 17.5 Å². The number of ether oxygens (including phenoxy) is 1. The van der Waals surface area contributed by atoms with E-state index in [1.807, 2.05) is 12.1 Å². The number of rotatable bonds is 9. The quantitative estimate of drug-likeness (QED) is 0.440. The molecule has 168 valence electrons. The summed E-state index contributed by atoms with van der Waals surface area (Å²) >= 11 is 0. The van der Waals surface area contributed by atoms with Crippen LogP contribution in [-0.2, 0) is 16.0 Å². The summed E-state index contributed by atoms with van der Waals surface area (Å²) in [6.07, 6.45) is 1.59. The average Bonchev–Trinajstić information content (AvgIpc) is 2.84. The van der Waals surface area contributed by atoms with Gasteiger partial charge in [-0.25, -0.2) is 4.79 Å². The Labute approximate surface area is 191 Å². The zero-order valence-corrected chi connectivity index (χ0v) is 18.0. The van der Waals surface area contributed by atoms with Gasteiger partial charge in [0.05, 0.1) is 12.7 Å². The second-order valence-electron chi connectivity index (χ2n) is 7.18. The highest BCUT2D eigenvalue weighted by molar-refractivity contribution is 6.07. The molecular formula is C26H24N2O5. The fourth-order valence-corrected chi connectivity index (χ4v) is 3.18. The van der Waals surface area contributed by atoms with Crippen molar-refractivity contribution in [3.8, 4) is 5.75 Å². The zero-order valence-electron chi connectivity index (χ0n) is 18.0. The first-order valence-corrected chi connectivity index (χ1v) is 10.3. The fraction of sp³-hybridized carbons (Fsp3) is 0.115. The molecule has 7 nitrogen and oxygen atoms in total. The van der Waals surface area contributed by atoms with Crippen LogP contribution in [0.3, 0.4) is 0 Å². The van der Waals surface area contributed by atoms with Crippen molar-refractivity contribution in [3.63, 3.8) is 0 Å². The monoisotopic (exact) mass is 444 g/mol. The van der Waals surface area contributed by atoms with Crippen LogP contribution >= 0.6 is 0 Å². The number of carboxylic acids is 1. The largest absolute Gasteiger partial charge is 0.496 e. The van der Waals surface area contributed by atoms with Crippen LogP contribution in [0.15, 0.2) is 90.6 Å². The first kappa shape index (κ1) is 23.3. The van der Waals surface area contributed by atoms with Crippen LogP contribution in [0, 0.1) is 0 Å². The molecule has 0 aliphatic carbocycles. The van der Waals surface area contributed by atoms with Gasteiger partial charge in [-0.1, -0.05) is 72.8 Å². The van der Waals surface area contributed by atoms with Gasteiger partial charge in [-0.05, 0) is 29.3 Å². The van der Waals surface area contributed by atoms with E-state index in [2.05, 4.69) is 10.6 Å². The third-order valence-corrected chi connectivity index (χ3v) is 4.84. The molecular weight excluding hydrogens is 420 g/mol. The van der Waals surface area contributed by atoms with Crippen LogP contribution in [0.1, 0.15) is 21.5 Å². The number of hydrogen-bond acceptors (Lipinski definition) is 4. The van der Waals surface area contributed by atoms with E-state index >= 15 is 0 Å². The second-order valence-corrected chi connectivity index (χ2v) is 7.18. The molecule has 3 aromatic rings. The normalized spacial score (nSPS) is 11.8. The minimum atomic E-state index is -1.18. The smallest absolute Gasteiger partial charge is 0.326 e. The lowest BCUT2D eigenvalue weighted by Crippen LogP contribution is -2.45. The number of benzene rings is 3. The lowest BCUT2D eigenvalue weighted by atomic mass is 10.1. The van der Waals surface area contributed by atoms with Crippen molar-refractivity contribution >= 4 is 23.9 Å². The summed E-state index contributed by atoms with van der Waals surface area (Å²) in [6, 6.07) is 23.4. The van der Waals surface area contributed by atoms with Gasteiger partial charge >= 0.3 is 5.97 Å². The number of methoxy groups -OCH3 is 1. The average molecular weight is 444 g/mol. The number of para-hydroxylation sites is 1. The third-order valence-electron chi connectivity index (χ3n) is 4.84. The number of carbonyl (C=O) groups is 3. The number of hydrogen-bond donors (Lipinski definition) is 3. The van der Waals surface area contributed by atoms with E-state index in [1.165, 1.54) is 13.2 Å². The second kappa shape index (κ2) is 11.3. The molecule has 0 saturated carbocycles. The molecule has 0 saturated heterocycles. The van der Waals surface area contributed by atoms with Crippen LogP contribution < -0.4 is 15.4 Å². The van der Waals surface area contributed by atoms with Crippen molar-refractivity contribution in [1.29, 1.82) is 0 Å². The lowest BCUT2D eigenvalue weighted by Gasteiger charge is -2.17. The van der Waals surface area contributed by atoms with E-state index in [-0.39, 0.29) is 17.7 Å². The maximum atomic E-state index is 13.1. The van der Waals surface area contributed by atoms with Crippen LogP contribution in [-0.4, -0.2) is 36.0 Å². The molecule has 0 spiro atoms. The van der Waals surface area contributed by atoms with Crippen molar-refractivity contribution in [1.82, 2.24) is 10.6 Å². The SMILES string of the molecule is COc1ccccc1C(=O)N/C(=C\c1ccccc1)C(=O)N[C@@H](Cc1ccccc1)C(=O)O. The Morgan fingerprint density at radius 3 is 2.15 bits per heavy atom. The van der Waals surface area contributed by atoms with Gasteiger partial charge in [0, 0.05) is 6.42 Å². The van der Waals surface area contributed by atoms with Gasteiger partial charge in [-0.3, -0.25) is 9.59 Å². The number of carboxylic acid groups (broad SMARTS) is 1. The highest BCUT2D eigenvalue weighted by Crippen LogP contribution is 2.18. The summed E-state index contributed by atoms with van der Waals surface area (Å²) in [5.41, 5.74) is 1.58. The van der Waals surface area contributed by atoms with Crippen molar-refractivity contribution in [3.05, 3.63) is 107 Å². The predicted molar refractivity (Wildman–Crippen MR) is 125 cm³/mol. The van der Waals surface area contributed by atoms with Crippen LogP contribution in [0.4, 0.5) is 0 Å². The van der Waals surface area contributed by atoms with Gasteiger partial charge in [-0.2, -0.15) is 0 Å². The minimum Gasteiger partial charge on any atom is -0.496 e. The molecule has 3 N–H and O–H groups in total. The minimum absolute atomic E-state index is 0.0867. The van der Waals surface area contributed by atoms with E-state index in [0.29, 0.717) is 11.3 Å². The standard InChI is InChI=1S/C26H24N2O5/c1-33-23-15-9-8-14-20(23)24(29)27-21(16-18-10-4-2-5-11-18)25(30)28-22(26(31)32)17-19-12-6-3-7-13-19/h2-16,22H,17H2,1H3,(H,27,29)(H,28,30)(H,31,32)/b21-16-/t22-/m0/s1. The summed E-state index contributed by atoms with van der Waals surface area (Å²) in [5, 5.41) is 14.8. The molecule has 2 amide bonds. The zero-order chi connectivity index (χ0) is 23.6. The van der Waals surface area contributed by atoms with Gasteiger partial charge < -0.3 is 20.5 Å². The molecule has 0 heterocycles. The molecule has 1 atom stereocenters. The summed E-state index contributed by atoms with van der Waals surface area (Å²) < 4.78 is 5.23. The number of aliphatic carboxylic acids is 1. The number of nitrogens with one attached hydrogen (secondary N) is 2. The van der Waals surface area contributed by atoms with Gasteiger partial charge in [0.15, 0.2) is 0 Å². The highest BCUT2D eigenvalue weighted by Gasteiger charge is 2.24. The van der Waals surface area contributed by atoms with Gasteiger partial charge in [0.25, 0.3) is 11.8 Å². The number of amides is 2. The van der Waals surface area contributed by atoms with Crippen LogP contribution in [0.25, 0.3) is 6.08 Å². The lowest BCUT2D eigenvalue weighted by molar-refractivity contribution is -0.141. The number of carbonyl (C=O) groups excluding carboxylic acids is 2. The first-order chi connectivity index (χ1) is 16.0. The van der Waals surface area contributed by atoms with Crippen LogP contribution in [0.2, 0.25) is 0 Å². The highest BCUT2D eigenvalue weighted by atomic mass is 16.5. The Kier molecular flexibility index (Phi) is 7.96. The summed E-state index contributed by atoms with van der Waals surface area (Å²) in [7, 11) is 1.45. The summed E-state index contributed by atoms with van der Waals surface area (Å²) in [4.78, 5) is 37.8. The maximum absolute atomic E-state index is 13.1. The Morgan fingerprint density at radius 1 is 0.909 bits per heavy atom. The van der Waals surface area contributed by atoms with Gasteiger partial charge in [0.2, 0.25) is 0 Å². The van der Waals surface area contributed by atoms with Crippen LogP contribution in [0.5, 0.6) is 5.75 Å². The Bertz CT molecular complexity index is 1140. The molecule has 0 aliphatic rings. The molecule has 0 radical (unpaired) electrons. The molecule has 3 rings (SSSR count). The molecule has 33 heavy (non-hydrogen) atoms. The van der Waals surface area contributed by atoms with E-state index in [9.17, 15) is 19.5 Å². The molecule has 0 aliphatic heterocycles. The molecule has 0 unspecified atom stereocenters. The van der Waals surface area contributed by atoms with Gasteiger partial charge in [-0.15, -0.1) is 0 Å². The van der Waals surface area contributed by atoms with E-state index in [0.717, 1.165) is 5.56 Å². The molecule has 0 fully saturated rings.